The molecule has 2 aliphatic heterocycles. The topological polar surface area (TPSA) is 26.7 Å². The molecule has 2 aliphatic rings. The van der Waals surface area contributed by atoms with E-state index < -0.39 is 0 Å². The number of rotatable bonds is 2. The van der Waals surface area contributed by atoms with Gasteiger partial charge in [0, 0.05) is 36.2 Å². The van der Waals surface area contributed by atoms with Gasteiger partial charge in [-0.05, 0) is 50.1 Å². The molecule has 0 amide bonds. The first-order valence-electron chi connectivity index (χ1n) is 7.59. The fraction of sp³-hybridized carbons (Fsp3) is 0.625. The molecular weight excluding hydrogens is 316 g/mol. The lowest BCUT2D eigenvalue weighted by molar-refractivity contribution is 0.0110. The van der Waals surface area contributed by atoms with E-state index in [1.165, 1.54) is 37.9 Å². The maximum Gasteiger partial charge on any atom is 0.115 e. The van der Waals surface area contributed by atoms with Crippen LogP contribution in [-0.4, -0.2) is 46.6 Å². The van der Waals surface area contributed by atoms with Gasteiger partial charge in [0.25, 0.3) is 0 Å². The Balaban J connectivity index is 1.71. The molecule has 0 radical (unpaired) electrons. The third-order valence-corrected chi connectivity index (χ3v) is 5.49. The fourth-order valence-corrected chi connectivity index (χ4v) is 3.91. The predicted octanol–water partition coefficient (Wildman–Crippen LogP) is 3.21. The molecule has 3 nitrogen and oxygen atoms in total. The van der Waals surface area contributed by atoms with Crippen LogP contribution < -0.4 is 0 Å². The number of hydrogen-bond donors (Lipinski definition) is 1. The Hall–Kier alpha value is -0.580. The third-order valence-electron chi connectivity index (χ3n) is 4.72. The van der Waals surface area contributed by atoms with Crippen molar-refractivity contribution in [2.45, 2.75) is 44.8 Å². The van der Waals surface area contributed by atoms with Crippen molar-refractivity contribution in [2.75, 3.05) is 19.6 Å². The number of halogens is 1. The highest BCUT2D eigenvalue weighted by molar-refractivity contribution is 9.10. The summed E-state index contributed by atoms with van der Waals surface area (Å²) in [6.45, 7) is 6.85. The van der Waals surface area contributed by atoms with Gasteiger partial charge in [-0.15, -0.1) is 0 Å². The van der Waals surface area contributed by atoms with Gasteiger partial charge in [0.05, 0.1) is 0 Å². The molecule has 0 saturated carbocycles. The molecule has 2 saturated heterocycles. The normalized spacial score (nSPS) is 28.3. The Bertz CT molecular complexity index is 480. The fourth-order valence-electron chi connectivity index (χ4n) is 3.53. The standard InChI is InChI=1S/C16H23BrN2O/c1-12-9-18-7-3-2-4-14(18)11-19(12)10-13-8-15(20)5-6-16(13)17/h5-6,8,12,14,20H,2-4,7,9-11H2,1H3. The number of phenols is 1. The van der Waals surface area contributed by atoms with Crippen LogP contribution in [0.5, 0.6) is 5.75 Å². The maximum absolute atomic E-state index is 9.67. The van der Waals surface area contributed by atoms with E-state index in [4.69, 9.17) is 0 Å². The summed E-state index contributed by atoms with van der Waals surface area (Å²) >= 11 is 3.60. The molecule has 0 bridgehead atoms. The first kappa shape index (κ1) is 14.4. The first-order chi connectivity index (χ1) is 9.63. The number of aromatic hydroxyl groups is 1. The zero-order chi connectivity index (χ0) is 14.1. The molecule has 1 aromatic carbocycles. The Kier molecular flexibility index (Phi) is 4.34. The second-order valence-electron chi connectivity index (χ2n) is 6.20. The molecule has 20 heavy (non-hydrogen) atoms. The number of hydrogen-bond acceptors (Lipinski definition) is 3. The van der Waals surface area contributed by atoms with Gasteiger partial charge in [0.2, 0.25) is 0 Å². The molecule has 2 atom stereocenters. The quantitative estimate of drug-likeness (QED) is 0.896. The zero-order valence-corrected chi connectivity index (χ0v) is 13.6. The lowest BCUT2D eigenvalue weighted by Gasteiger charge is -2.47. The van der Waals surface area contributed by atoms with Gasteiger partial charge in [-0.3, -0.25) is 9.80 Å². The number of phenolic OH excluding ortho intramolecular Hbond substituents is 1. The molecule has 2 heterocycles. The van der Waals surface area contributed by atoms with E-state index >= 15 is 0 Å². The molecule has 3 rings (SSSR count). The number of piperidine rings is 1. The summed E-state index contributed by atoms with van der Waals surface area (Å²) in [7, 11) is 0. The van der Waals surface area contributed by atoms with Crippen molar-refractivity contribution in [3.63, 3.8) is 0 Å². The van der Waals surface area contributed by atoms with E-state index in [1.54, 1.807) is 6.07 Å². The second-order valence-corrected chi connectivity index (χ2v) is 7.05. The largest absolute Gasteiger partial charge is 0.508 e. The van der Waals surface area contributed by atoms with Crippen molar-refractivity contribution in [1.82, 2.24) is 9.80 Å². The lowest BCUT2D eigenvalue weighted by atomic mass is 9.97. The number of fused-ring (bicyclic) bond motifs is 1. The van der Waals surface area contributed by atoms with Crippen LogP contribution in [0.15, 0.2) is 22.7 Å². The number of benzene rings is 1. The number of nitrogens with zero attached hydrogens (tertiary/aromatic N) is 2. The van der Waals surface area contributed by atoms with Crippen molar-refractivity contribution in [1.29, 1.82) is 0 Å². The molecule has 1 aromatic rings. The summed E-state index contributed by atoms with van der Waals surface area (Å²) in [5, 5.41) is 9.67. The van der Waals surface area contributed by atoms with Crippen LogP contribution in [0, 0.1) is 0 Å². The van der Waals surface area contributed by atoms with Crippen LogP contribution in [0.1, 0.15) is 31.7 Å². The van der Waals surface area contributed by atoms with E-state index in [9.17, 15) is 5.11 Å². The first-order valence-corrected chi connectivity index (χ1v) is 8.38. The molecule has 2 unspecified atom stereocenters. The van der Waals surface area contributed by atoms with Gasteiger partial charge in [0.15, 0.2) is 0 Å². The smallest absolute Gasteiger partial charge is 0.115 e. The molecule has 4 heteroatoms. The van der Waals surface area contributed by atoms with Crippen molar-refractivity contribution in [3.8, 4) is 5.75 Å². The summed E-state index contributed by atoms with van der Waals surface area (Å²) < 4.78 is 1.09. The van der Waals surface area contributed by atoms with Crippen molar-refractivity contribution in [2.24, 2.45) is 0 Å². The van der Waals surface area contributed by atoms with Gasteiger partial charge >= 0.3 is 0 Å². The minimum absolute atomic E-state index is 0.354. The Labute approximate surface area is 129 Å². The Morgan fingerprint density at radius 2 is 2.15 bits per heavy atom. The summed E-state index contributed by atoms with van der Waals surface area (Å²) in [6.07, 6.45) is 4.07. The average molecular weight is 339 g/mol. The lowest BCUT2D eigenvalue weighted by Crippen LogP contribution is -2.58. The summed E-state index contributed by atoms with van der Waals surface area (Å²) in [5.41, 5.74) is 1.18. The molecule has 0 spiro atoms. The van der Waals surface area contributed by atoms with Crippen LogP contribution in [0.2, 0.25) is 0 Å². The highest BCUT2D eigenvalue weighted by atomic mass is 79.9. The molecule has 1 N–H and O–H groups in total. The van der Waals surface area contributed by atoms with Crippen molar-refractivity contribution >= 4 is 15.9 Å². The van der Waals surface area contributed by atoms with E-state index in [-0.39, 0.29) is 0 Å². The molecule has 110 valence electrons. The zero-order valence-electron chi connectivity index (χ0n) is 12.1. The average Bonchev–Trinajstić information content (AvgIpc) is 2.43. The minimum Gasteiger partial charge on any atom is -0.508 e. The van der Waals surface area contributed by atoms with Gasteiger partial charge in [-0.25, -0.2) is 0 Å². The van der Waals surface area contributed by atoms with Crippen LogP contribution >= 0.6 is 15.9 Å². The highest BCUT2D eigenvalue weighted by Crippen LogP contribution is 2.28. The third kappa shape index (κ3) is 3.02. The number of piperazine rings is 1. The van der Waals surface area contributed by atoms with Crippen molar-refractivity contribution in [3.05, 3.63) is 28.2 Å². The molecule has 2 fully saturated rings. The van der Waals surface area contributed by atoms with Gasteiger partial charge in [-0.2, -0.15) is 0 Å². The molecule has 0 aromatic heterocycles. The Morgan fingerprint density at radius 1 is 1.30 bits per heavy atom. The second kappa shape index (κ2) is 6.04. The van der Waals surface area contributed by atoms with Gasteiger partial charge in [0.1, 0.15) is 5.75 Å². The van der Waals surface area contributed by atoms with E-state index in [1.807, 2.05) is 12.1 Å². The minimum atomic E-state index is 0.354. The van der Waals surface area contributed by atoms with Crippen LogP contribution in [0.3, 0.4) is 0 Å². The van der Waals surface area contributed by atoms with Crippen LogP contribution in [0.25, 0.3) is 0 Å². The predicted molar refractivity (Wildman–Crippen MR) is 84.9 cm³/mol. The SMILES string of the molecule is CC1CN2CCCCC2CN1Cc1cc(O)ccc1Br. The maximum atomic E-state index is 9.67. The van der Waals surface area contributed by atoms with Crippen LogP contribution in [-0.2, 0) is 6.54 Å². The molecule has 0 aliphatic carbocycles. The van der Waals surface area contributed by atoms with E-state index in [0.29, 0.717) is 11.8 Å². The van der Waals surface area contributed by atoms with E-state index in [0.717, 1.165) is 23.6 Å². The van der Waals surface area contributed by atoms with Crippen molar-refractivity contribution < 1.29 is 5.11 Å². The summed E-state index contributed by atoms with van der Waals surface area (Å²) in [6, 6.07) is 6.86. The monoisotopic (exact) mass is 338 g/mol. The summed E-state index contributed by atoms with van der Waals surface area (Å²) in [5.74, 6) is 0.354. The Morgan fingerprint density at radius 3 is 3.00 bits per heavy atom. The van der Waals surface area contributed by atoms with Gasteiger partial charge in [-0.1, -0.05) is 22.4 Å². The molecular formula is C16H23BrN2O. The van der Waals surface area contributed by atoms with E-state index in [2.05, 4.69) is 32.7 Å². The highest BCUT2D eigenvalue weighted by Gasteiger charge is 2.32. The van der Waals surface area contributed by atoms with Crippen LogP contribution in [0.4, 0.5) is 0 Å². The van der Waals surface area contributed by atoms with Gasteiger partial charge < -0.3 is 5.11 Å². The summed E-state index contributed by atoms with van der Waals surface area (Å²) in [4.78, 5) is 5.23.